The zero-order valence-corrected chi connectivity index (χ0v) is 16.5. The average Bonchev–Trinajstić information content (AvgIpc) is 3.22. The van der Waals surface area contributed by atoms with Gasteiger partial charge in [-0.3, -0.25) is 14.9 Å². The Morgan fingerprint density at radius 1 is 1.28 bits per heavy atom. The highest BCUT2D eigenvalue weighted by Gasteiger charge is 2.41. The van der Waals surface area contributed by atoms with Gasteiger partial charge in [0, 0.05) is 20.3 Å². The molecule has 1 aliphatic rings. The summed E-state index contributed by atoms with van der Waals surface area (Å²) in [6, 6.07) is 0. The molecule has 0 saturated carbocycles. The van der Waals surface area contributed by atoms with Crippen LogP contribution in [0.25, 0.3) is 11.2 Å². The van der Waals surface area contributed by atoms with E-state index in [1.165, 1.54) is 21.0 Å². The van der Waals surface area contributed by atoms with Gasteiger partial charge in [0.2, 0.25) is 11.9 Å². The minimum Gasteiger partial charge on any atom is -0.459 e. The van der Waals surface area contributed by atoms with Crippen molar-refractivity contribution < 1.29 is 33.3 Å². The van der Waals surface area contributed by atoms with Crippen LogP contribution < -0.4 is 5.32 Å². The van der Waals surface area contributed by atoms with Gasteiger partial charge >= 0.3 is 12.1 Å². The predicted molar refractivity (Wildman–Crippen MR) is 97.1 cm³/mol. The Morgan fingerprint density at radius 2 is 2.03 bits per heavy atom. The molecule has 13 heteroatoms. The van der Waals surface area contributed by atoms with E-state index in [4.69, 9.17) is 25.8 Å². The number of methoxy groups -OCH3 is 1. The molecule has 0 aromatic carbocycles. The SMILES string of the molecule is COC(=O)OC[C@@H]1C[C@@H](OC(C)=O)[C@H](c2nc3nc(NC(C)=O)nc(Cl)c3[nH]2)O1. The predicted octanol–water partition coefficient (Wildman–Crippen LogP) is 1.51. The summed E-state index contributed by atoms with van der Waals surface area (Å²) >= 11 is 6.14. The van der Waals surface area contributed by atoms with E-state index < -0.39 is 30.4 Å². The molecule has 1 saturated heterocycles. The van der Waals surface area contributed by atoms with Crippen LogP contribution in [0.5, 0.6) is 0 Å². The monoisotopic (exact) mass is 427 g/mol. The quantitative estimate of drug-likeness (QED) is 0.529. The van der Waals surface area contributed by atoms with E-state index in [-0.39, 0.29) is 35.7 Å². The van der Waals surface area contributed by atoms with Gasteiger partial charge in [-0.25, -0.2) is 9.78 Å². The smallest absolute Gasteiger partial charge is 0.459 e. The first-order chi connectivity index (χ1) is 13.8. The van der Waals surface area contributed by atoms with Crippen molar-refractivity contribution >= 4 is 46.7 Å². The van der Waals surface area contributed by atoms with E-state index in [9.17, 15) is 14.4 Å². The van der Waals surface area contributed by atoms with Gasteiger partial charge in [-0.15, -0.1) is 0 Å². The number of hydrogen-bond donors (Lipinski definition) is 2. The number of carbonyl (C=O) groups excluding carboxylic acids is 3. The van der Waals surface area contributed by atoms with Crippen molar-refractivity contribution in [1.29, 1.82) is 0 Å². The fraction of sp³-hybridized carbons (Fsp3) is 0.500. The lowest BCUT2D eigenvalue weighted by atomic mass is 10.1. The molecule has 12 nitrogen and oxygen atoms in total. The third-order valence-corrected chi connectivity index (χ3v) is 4.20. The molecule has 29 heavy (non-hydrogen) atoms. The van der Waals surface area contributed by atoms with Crippen molar-refractivity contribution in [2.24, 2.45) is 0 Å². The highest BCUT2D eigenvalue weighted by atomic mass is 35.5. The lowest BCUT2D eigenvalue weighted by molar-refractivity contribution is -0.149. The van der Waals surface area contributed by atoms with Crippen molar-refractivity contribution in [2.45, 2.75) is 38.6 Å². The number of halogens is 1. The standard InChI is InChI=1S/C16H18ClN5O7/c1-6(23)18-15-20-12(17)10-13(22-15)21-14(19-10)11-9(28-7(2)24)4-8(29-11)5-27-16(25)26-3/h8-9,11H,4-5H2,1-3H3,(H2,18,19,20,21,22,23)/t8-,9+,11+/m0/s1. The number of anilines is 1. The number of imidazole rings is 1. The fourth-order valence-electron chi connectivity index (χ4n) is 2.85. The van der Waals surface area contributed by atoms with Crippen molar-refractivity contribution in [3.63, 3.8) is 0 Å². The maximum atomic E-state index is 11.5. The Balaban J connectivity index is 1.86. The van der Waals surface area contributed by atoms with E-state index in [2.05, 4.69) is 30.0 Å². The van der Waals surface area contributed by atoms with E-state index in [0.717, 1.165) is 0 Å². The first-order valence-electron chi connectivity index (χ1n) is 8.51. The van der Waals surface area contributed by atoms with E-state index in [1.807, 2.05) is 0 Å². The molecule has 0 radical (unpaired) electrons. The van der Waals surface area contributed by atoms with Crippen LogP contribution in [0.15, 0.2) is 0 Å². The number of nitrogens with zero attached hydrogens (tertiary/aromatic N) is 3. The van der Waals surface area contributed by atoms with Crippen LogP contribution in [0.3, 0.4) is 0 Å². The summed E-state index contributed by atoms with van der Waals surface area (Å²) in [7, 11) is 1.19. The van der Waals surface area contributed by atoms with Crippen LogP contribution in [0.1, 0.15) is 32.2 Å². The molecular formula is C16H18ClN5O7. The van der Waals surface area contributed by atoms with Gasteiger partial charge in [-0.2, -0.15) is 9.97 Å². The Kier molecular flexibility index (Phi) is 6.13. The number of aromatic nitrogens is 4. The molecule has 2 N–H and O–H groups in total. The molecule has 3 heterocycles. The Labute approximate surface area is 169 Å². The number of nitrogens with one attached hydrogen (secondary N) is 2. The third kappa shape index (κ3) is 4.90. The Bertz CT molecular complexity index is 949. The molecule has 0 unspecified atom stereocenters. The third-order valence-electron chi connectivity index (χ3n) is 3.93. The van der Waals surface area contributed by atoms with Crippen LogP contribution in [0.4, 0.5) is 10.7 Å². The molecule has 3 rings (SSSR count). The van der Waals surface area contributed by atoms with Gasteiger partial charge in [-0.1, -0.05) is 11.6 Å². The second kappa shape index (κ2) is 8.57. The lowest BCUT2D eigenvalue weighted by Gasteiger charge is -2.15. The summed E-state index contributed by atoms with van der Waals surface area (Å²) in [6.45, 7) is 2.49. The molecular weight excluding hydrogens is 410 g/mol. The highest BCUT2D eigenvalue weighted by molar-refractivity contribution is 6.33. The average molecular weight is 428 g/mol. The van der Waals surface area contributed by atoms with Crippen LogP contribution in [-0.2, 0) is 28.5 Å². The van der Waals surface area contributed by atoms with Gasteiger partial charge in [0.1, 0.15) is 24.1 Å². The number of rotatable bonds is 5. The number of H-pyrrole nitrogens is 1. The summed E-state index contributed by atoms with van der Waals surface area (Å²) in [6.07, 6.45) is -2.58. The first kappa shape index (κ1) is 20.7. The number of carbonyl (C=O) groups is 3. The summed E-state index contributed by atoms with van der Waals surface area (Å²) in [4.78, 5) is 49.3. The van der Waals surface area contributed by atoms with Crippen molar-refractivity contribution in [2.75, 3.05) is 19.0 Å². The molecule has 1 amide bonds. The van der Waals surface area contributed by atoms with Crippen LogP contribution in [0, 0.1) is 0 Å². The normalized spacial score (nSPS) is 21.0. The molecule has 1 aliphatic heterocycles. The number of esters is 1. The fourth-order valence-corrected chi connectivity index (χ4v) is 3.06. The zero-order valence-electron chi connectivity index (χ0n) is 15.7. The largest absolute Gasteiger partial charge is 0.508 e. The molecule has 2 aromatic heterocycles. The molecule has 3 atom stereocenters. The number of hydrogen-bond acceptors (Lipinski definition) is 10. The summed E-state index contributed by atoms with van der Waals surface area (Å²) in [5, 5.41) is 2.48. The highest BCUT2D eigenvalue weighted by Crippen LogP contribution is 2.35. The topological polar surface area (TPSA) is 155 Å². The van der Waals surface area contributed by atoms with Gasteiger partial charge in [0.05, 0.1) is 13.2 Å². The van der Waals surface area contributed by atoms with Crippen LogP contribution in [-0.4, -0.2) is 63.9 Å². The van der Waals surface area contributed by atoms with Gasteiger partial charge in [0.15, 0.2) is 16.9 Å². The second-order valence-electron chi connectivity index (χ2n) is 6.17. The summed E-state index contributed by atoms with van der Waals surface area (Å²) in [5.74, 6) is -0.567. The summed E-state index contributed by atoms with van der Waals surface area (Å²) in [5.41, 5.74) is 0.526. The number of aromatic amines is 1. The van der Waals surface area contributed by atoms with E-state index >= 15 is 0 Å². The molecule has 0 bridgehead atoms. The lowest BCUT2D eigenvalue weighted by Crippen LogP contribution is -2.21. The van der Waals surface area contributed by atoms with Crippen molar-refractivity contribution in [3.8, 4) is 0 Å². The molecule has 1 fully saturated rings. The van der Waals surface area contributed by atoms with Crippen molar-refractivity contribution in [1.82, 2.24) is 19.9 Å². The number of amides is 1. The second-order valence-corrected chi connectivity index (χ2v) is 6.53. The Morgan fingerprint density at radius 3 is 2.69 bits per heavy atom. The molecule has 0 spiro atoms. The number of fused-ring (bicyclic) bond motifs is 1. The van der Waals surface area contributed by atoms with Crippen molar-refractivity contribution in [3.05, 3.63) is 11.0 Å². The number of ether oxygens (including phenoxy) is 4. The minimum absolute atomic E-state index is 0.00119. The van der Waals surface area contributed by atoms with E-state index in [1.54, 1.807) is 0 Å². The molecule has 0 aliphatic carbocycles. The Hall–Kier alpha value is -2.99. The molecule has 156 valence electrons. The van der Waals surface area contributed by atoms with E-state index in [0.29, 0.717) is 11.3 Å². The van der Waals surface area contributed by atoms with Gasteiger partial charge in [-0.05, 0) is 0 Å². The van der Waals surface area contributed by atoms with Gasteiger partial charge in [0.25, 0.3) is 0 Å². The summed E-state index contributed by atoms with van der Waals surface area (Å²) < 4.78 is 20.5. The van der Waals surface area contributed by atoms with Gasteiger partial charge < -0.3 is 23.9 Å². The maximum absolute atomic E-state index is 11.5. The first-order valence-corrected chi connectivity index (χ1v) is 8.88. The maximum Gasteiger partial charge on any atom is 0.508 e. The molecule has 2 aromatic rings. The zero-order chi connectivity index (χ0) is 21.1. The van der Waals surface area contributed by atoms with Crippen LogP contribution in [0.2, 0.25) is 5.15 Å². The minimum atomic E-state index is -0.850. The van der Waals surface area contributed by atoms with Crippen LogP contribution >= 0.6 is 11.6 Å².